The summed E-state index contributed by atoms with van der Waals surface area (Å²) in [7, 11) is 0. The van der Waals surface area contributed by atoms with Gasteiger partial charge in [0.2, 0.25) is 65.0 Å². The number of amides is 11. The van der Waals surface area contributed by atoms with Crippen LogP contribution in [0.5, 0.6) is 5.75 Å². The predicted molar refractivity (Wildman–Crippen MR) is 324 cm³/mol. The number of aliphatic hydroxyl groups excluding tert-OH is 1. The molecule has 89 heavy (non-hydrogen) atoms. The zero-order valence-corrected chi connectivity index (χ0v) is 50.1. The number of phenolic OH excluding ortho intramolecular Hbond substituents is 1. The summed E-state index contributed by atoms with van der Waals surface area (Å²) in [5, 5.41) is 45.1. The van der Waals surface area contributed by atoms with E-state index in [1.165, 1.54) is 48.6 Å². The Bertz CT molecular complexity index is 3150. The second-order valence-electron chi connectivity index (χ2n) is 22.6. The van der Waals surface area contributed by atoms with Gasteiger partial charge in [0.1, 0.15) is 60.1 Å². The number of H-pyrrole nitrogens is 2. The zero-order valence-electron chi connectivity index (χ0n) is 50.1. The number of hydrogen-bond acceptors (Lipinski definition) is 16. The normalized spacial score (nSPS) is 16.9. The molecule has 6 rings (SSSR count). The highest BCUT2D eigenvalue weighted by Gasteiger charge is 2.40. The zero-order chi connectivity index (χ0) is 64.7. The van der Waals surface area contributed by atoms with Crippen LogP contribution in [0.2, 0.25) is 0 Å². The lowest BCUT2D eigenvalue weighted by Crippen LogP contribution is -2.61. The number of para-hydroxylation sites is 1. The molecule has 30 nitrogen and oxygen atoms in total. The van der Waals surface area contributed by atoms with E-state index in [0.29, 0.717) is 47.0 Å². The van der Waals surface area contributed by atoms with Gasteiger partial charge in [0.15, 0.2) is 5.96 Å². The molecule has 19 N–H and O–H groups in total. The highest BCUT2D eigenvalue weighted by molar-refractivity contribution is 6.01. The van der Waals surface area contributed by atoms with Crippen molar-refractivity contribution in [3.63, 3.8) is 0 Å². The maximum atomic E-state index is 14.7. The van der Waals surface area contributed by atoms with Crippen molar-refractivity contribution in [3.8, 4) is 5.75 Å². The number of benzene rings is 2. The molecule has 9 atom stereocenters. The summed E-state index contributed by atoms with van der Waals surface area (Å²) < 4.78 is 0. The number of carbonyl (C=O) groups is 11. The minimum atomic E-state index is -1.78. The molecule has 0 saturated carbocycles. The van der Waals surface area contributed by atoms with Crippen molar-refractivity contribution >= 4 is 81.8 Å². The number of nitrogens with two attached hydrogens (primary N) is 3. The number of hydrogen-bond donors (Lipinski definition) is 16. The summed E-state index contributed by atoms with van der Waals surface area (Å²) in [6.07, 6.45) is 5.87. The van der Waals surface area contributed by atoms with Gasteiger partial charge >= 0.3 is 0 Å². The second kappa shape index (κ2) is 33.6. The quantitative estimate of drug-likeness (QED) is 0.0130. The number of carbonyl (C=O) groups excluding carboxylic acids is 11. The maximum absolute atomic E-state index is 14.7. The van der Waals surface area contributed by atoms with Crippen LogP contribution in [-0.2, 0) is 72.0 Å². The number of unbranched alkanes of at least 4 members (excludes halogenated alkanes) is 1. The van der Waals surface area contributed by atoms with Crippen molar-refractivity contribution in [3.05, 3.63) is 84.1 Å². The van der Waals surface area contributed by atoms with Gasteiger partial charge in [-0.05, 0) is 99.6 Å². The van der Waals surface area contributed by atoms with E-state index in [0.717, 1.165) is 0 Å². The van der Waals surface area contributed by atoms with Gasteiger partial charge in [0.25, 0.3) is 0 Å². The summed E-state index contributed by atoms with van der Waals surface area (Å²) in [6, 6.07) is 0.898. The van der Waals surface area contributed by atoms with Gasteiger partial charge in [-0.15, -0.1) is 0 Å². The minimum absolute atomic E-state index is 0.00876. The lowest BCUT2D eigenvalue weighted by Gasteiger charge is -2.30. The number of aliphatic hydroxyl groups is 1. The Balaban J connectivity index is 1.23. The van der Waals surface area contributed by atoms with Crippen LogP contribution in [-0.4, -0.2) is 182 Å². The number of nitrogens with one attached hydrogen (secondary N) is 11. The standard InChI is InChI=1S/C59H83N17O13/c1-32(2)24-43(52(83)70-42(13-8-22-64-59(61)62)58(89)76-23-9-14-48(76)57(88)67-33(3)78)71-50(81)40(12-6-7-21-60)69-53(84)44(25-34-15-17-37(79)18-16-34)72-56(87)47(30-77)75-54(85)45(26-35-28-65-39-11-5-4-10-38(35)39)73-55(86)46(27-36-29-63-31-66-36)74-51(82)41-19-20-49(80)68-41/h4-5,10-11,15-18,28-29,31-32,40-48,65,77,79H,6-9,12-14,19-27,30,60H2,1-3H3,(H,63,66)(H,68,80)(H,69,84)(H,70,83)(H,71,81)(H,72,87)(H,73,86)(H,74,82)(H,75,85)(H4,61,62,64)(H,67,78,88)/t40-,41-,42-,43-,44-,45-,46-,47-,48-/m0/s1. The van der Waals surface area contributed by atoms with Crippen molar-refractivity contribution < 1.29 is 63.0 Å². The smallest absolute Gasteiger partial charge is 0.249 e. The molecule has 0 aliphatic carbocycles. The number of aromatic nitrogens is 3. The van der Waals surface area contributed by atoms with E-state index in [1.54, 1.807) is 44.3 Å². The maximum Gasteiger partial charge on any atom is 0.249 e. The van der Waals surface area contributed by atoms with Crippen molar-refractivity contribution in [2.24, 2.45) is 28.1 Å². The SMILES string of the molecule is CC(=O)NC(=O)[C@@H]1CCCN1C(=O)[C@H](CCCN=C(N)N)NC(=O)[C@H](CC(C)C)NC(=O)[C@H](CCCCN)NC(=O)[C@H](Cc1ccc(O)cc1)NC(=O)[C@H](CO)NC(=O)[C@H](Cc1c[nH]c2ccccc12)NC(=O)[C@H](Cc1cnc[nH]1)NC(=O)[C@@H]1CCC(=O)N1. The van der Waals surface area contributed by atoms with Gasteiger partial charge in [-0.1, -0.05) is 44.2 Å². The van der Waals surface area contributed by atoms with Crippen molar-refractivity contribution in [1.29, 1.82) is 0 Å². The van der Waals surface area contributed by atoms with Crippen molar-refractivity contribution in [2.75, 3.05) is 26.2 Å². The van der Waals surface area contributed by atoms with E-state index in [1.807, 2.05) is 0 Å². The Morgan fingerprint density at radius 3 is 1.94 bits per heavy atom. The summed E-state index contributed by atoms with van der Waals surface area (Å²) in [6.45, 7) is 4.21. The van der Waals surface area contributed by atoms with Crippen molar-refractivity contribution in [2.45, 2.75) is 159 Å². The Morgan fingerprint density at radius 2 is 1.31 bits per heavy atom. The number of aromatic amines is 2. The van der Waals surface area contributed by atoms with Gasteiger partial charge in [0.05, 0.1) is 12.9 Å². The van der Waals surface area contributed by atoms with Crippen LogP contribution < -0.4 is 65.1 Å². The molecule has 482 valence electrons. The van der Waals surface area contributed by atoms with Crippen LogP contribution >= 0.6 is 0 Å². The highest BCUT2D eigenvalue weighted by Crippen LogP contribution is 2.22. The Labute approximate surface area is 513 Å². The Kier molecular flexibility index (Phi) is 25.9. The summed E-state index contributed by atoms with van der Waals surface area (Å²) in [4.78, 5) is 167. The molecule has 2 aromatic heterocycles. The third kappa shape index (κ3) is 20.9. The number of guanidine groups is 1. The molecule has 0 spiro atoms. The van der Waals surface area contributed by atoms with E-state index in [-0.39, 0.29) is 107 Å². The van der Waals surface area contributed by atoms with Crippen LogP contribution in [0.25, 0.3) is 10.9 Å². The summed E-state index contributed by atoms with van der Waals surface area (Å²) in [5.41, 5.74) is 19.1. The molecule has 11 amide bonds. The lowest BCUT2D eigenvalue weighted by molar-refractivity contribution is -0.143. The fourth-order valence-electron chi connectivity index (χ4n) is 10.5. The first-order valence-corrected chi connectivity index (χ1v) is 29.7. The molecule has 0 unspecified atom stereocenters. The number of likely N-dealkylation sites (tertiary alicyclic amines) is 1. The van der Waals surface area contributed by atoms with Crippen LogP contribution in [0.3, 0.4) is 0 Å². The molecular formula is C59H83N17O13. The molecule has 2 aliphatic heterocycles. The van der Waals surface area contributed by atoms with E-state index in [2.05, 4.69) is 67.8 Å². The van der Waals surface area contributed by atoms with Gasteiger partial charge in [-0.3, -0.25) is 63.0 Å². The first-order chi connectivity index (χ1) is 42.5. The van der Waals surface area contributed by atoms with Gasteiger partial charge in [-0.2, -0.15) is 0 Å². The molecule has 2 aliphatic rings. The predicted octanol–water partition coefficient (Wildman–Crippen LogP) is -2.83. The number of aromatic hydroxyl groups is 1. The van der Waals surface area contributed by atoms with Crippen LogP contribution in [0.15, 0.2) is 72.2 Å². The number of fused-ring (bicyclic) bond motifs is 1. The molecule has 2 saturated heterocycles. The monoisotopic (exact) mass is 1240 g/mol. The number of phenols is 1. The van der Waals surface area contributed by atoms with E-state index in [9.17, 15) is 63.0 Å². The fourth-order valence-corrected chi connectivity index (χ4v) is 10.5. The number of imide groups is 1. The van der Waals surface area contributed by atoms with Crippen molar-refractivity contribution in [1.82, 2.24) is 67.7 Å². The van der Waals surface area contributed by atoms with Gasteiger partial charge < -0.3 is 84.8 Å². The molecular weight excluding hydrogens is 1150 g/mol. The third-order valence-corrected chi connectivity index (χ3v) is 15.1. The first-order valence-electron chi connectivity index (χ1n) is 29.7. The third-order valence-electron chi connectivity index (χ3n) is 15.1. The second-order valence-corrected chi connectivity index (χ2v) is 22.6. The molecule has 4 heterocycles. The largest absolute Gasteiger partial charge is 0.508 e. The van der Waals surface area contributed by atoms with E-state index < -0.39 is 120 Å². The molecule has 0 bridgehead atoms. The molecule has 2 fully saturated rings. The van der Waals surface area contributed by atoms with Crippen LogP contribution in [0.1, 0.15) is 102 Å². The molecule has 2 aromatic carbocycles. The fraction of sp³-hybridized carbons (Fsp3) is 0.508. The Hall–Kier alpha value is -9.45. The number of imidazole rings is 1. The van der Waals surface area contributed by atoms with E-state index >= 15 is 0 Å². The molecule has 30 heteroatoms. The molecule has 0 radical (unpaired) electrons. The molecule has 4 aromatic rings. The van der Waals surface area contributed by atoms with Crippen LogP contribution in [0, 0.1) is 5.92 Å². The summed E-state index contributed by atoms with van der Waals surface area (Å²) in [5.74, 6) is -8.75. The highest BCUT2D eigenvalue weighted by atomic mass is 16.3. The summed E-state index contributed by atoms with van der Waals surface area (Å²) >= 11 is 0. The Morgan fingerprint density at radius 1 is 0.708 bits per heavy atom. The lowest BCUT2D eigenvalue weighted by atomic mass is 10.00. The topological polar surface area (TPSA) is 475 Å². The minimum Gasteiger partial charge on any atom is -0.508 e. The number of aliphatic imine (C=N–C) groups is 1. The number of nitrogens with zero attached hydrogens (tertiary/aromatic N) is 3. The average Bonchev–Trinajstić information content (AvgIpc) is 2.55. The average molecular weight is 1240 g/mol. The van der Waals surface area contributed by atoms with Gasteiger partial charge in [-0.25, -0.2) is 4.98 Å². The number of rotatable bonds is 33. The van der Waals surface area contributed by atoms with Gasteiger partial charge in [0, 0.05) is 74.7 Å². The van der Waals surface area contributed by atoms with E-state index in [4.69, 9.17) is 17.2 Å². The van der Waals surface area contributed by atoms with Crippen LogP contribution in [0.4, 0.5) is 0 Å². The first kappa shape index (κ1) is 68.7.